The molecular weight excluding hydrogens is 488 g/mol. The second-order valence-electron chi connectivity index (χ2n) is 7.71. The van der Waals surface area contributed by atoms with Gasteiger partial charge in [0.25, 0.3) is 10.0 Å². The van der Waals surface area contributed by atoms with Crippen molar-refractivity contribution in [3.63, 3.8) is 0 Å². The summed E-state index contributed by atoms with van der Waals surface area (Å²) in [5, 5.41) is 1.67. The Bertz CT molecular complexity index is 1580. The molecule has 0 bridgehead atoms. The maximum atomic E-state index is 12.9. The summed E-state index contributed by atoms with van der Waals surface area (Å²) in [5.41, 5.74) is 1.46. The molecule has 0 aliphatic heterocycles. The molecule has 8 nitrogen and oxygen atoms in total. The van der Waals surface area contributed by atoms with Gasteiger partial charge in [-0.25, -0.2) is 21.6 Å². The van der Waals surface area contributed by atoms with Gasteiger partial charge in [-0.15, -0.1) is 0 Å². The molecule has 0 atom stereocenters. The van der Waals surface area contributed by atoms with Crippen LogP contribution >= 0.6 is 0 Å². The molecule has 35 heavy (non-hydrogen) atoms. The van der Waals surface area contributed by atoms with Gasteiger partial charge >= 0.3 is 5.97 Å². The molecule has 0 fully saturated rings. The molecule has 4 rings (SSSR count). The van der Waals surface area contributed by atoms with Crippen molar-refractivity contribution in [2.45, 2.75) is 10.6 Å². The van der Waals surface area contributed by atoms with Crippen molar-refractivity contribution in [2.75, 3.05) is 16.6 Å². The molecular formula is C25H22N2O6S2. The van der Waals surface area contributed by atoms with E-state index in [1.165, 1.54) is 55.6 Å². The molecule has 0 saturated carbocycles. The predicted molar refractivity (Wildman–Crippen MR) is 135 cm³/mol. The van der Waals surface area contributed by atoms with Gasteiger partial charge in [-0.3, -0.25) is 9.44 Å². The number of ether oxygens (including phenoxy) is 1. The lowest BCUT2D eigenvalue weighted by Gasteiger charge is -2.12. The molecule has 0 saturated heterocycles. The smallest absolute Gasteiger partial charge is 0.337 e. The van der Waals surface area contributed by atoms with Gasteiger partial charge in [-0.1, -0.05) is 48.5 Å². The summed E-state index contributed by atoms with van der Waals surface area (Å²) in [6.07, 6.45) is 0. The van der Waals surface area contributed by atoms with Gasteiger partial charge in [0.05, 0.1) is 29.0 Å². The lowest BCUT2D eigenvalue weighted by Crippen LogP contribution is -2.16. The molecule has 0 spiro atoms. The van der Waals surface area contributed by atoms with Crippen molar-refractivity contribution >= 4 is 48.2 Å². The minimum absolute atomic E-state index is 0.00761. The zero-order chi connectivity index (χ0) is 25.1. The molecule has 0 aliphatic carbocycles. The van der Waals surface area contributed by atoms with Crippen molar-refractivity contribution in [3.05, 3.63) is 102 Å². The summed E-state index contributed by atoms with van der Waals surface area (Å²) in [7, 11) is -6.41. The number of rotatable bonds is 8. The zero-order valence-electron chi connectivity index (χ0n) is 18.6. The fraction of sp³-hybridized carbons (Fsp3) is 0.0800. The van der Waals surface area contributed by atoms with Crippen molar-refractivity contribution in [3.8, 4) is 0 Å². The number of carbonyl (C=O) groups excluding carboxylic acids is 1. The maximum absolute atomic E-state index is 12.9. The summed E-state index contributed by atoms with van der Waals surface area (Å²) in [5.74, 6) is -0.834. The first-order valence-electron chi connectivity index (χ1n) is 10.5. The molecule has 0 heterocycles. The number of esters is 1. The third-order valence-corrected chi connectivity index (χ3v) is 7.85. The first kappa shape index (κ1) is 24.2. The average molecular weight is 511 g/mol. The van der Waals surface area contributed by atoms with Gasteiger partial charge in [-0.2, -0.15) is 0 Å². The molecule has 180 valence electrons. The second-order valence-corrected chi connectivity index (χ2v) is 11.1. The van der Waals surface area contributed by atoms with Crippen molar-refractivity contribution in [1.82, 2.24) is 0 Å². The summed E-state index contributed by atoms with van der Waals surface area (Å²) in [4.78, 5) is 11.5. The first-order valence-corrected chi connectivity index (χ1v) is 13.6. The van der Waals surface area contributed by atoms with Crippen LogP contribution in [0.25, 0.3) is 10.8 Å². The van der Waals surface area contributed by atoms with Crippen molar-refractivity contribution < 1.29 is 26.4 Å². The van der Waals surface area contributed by atoms with Gasteiger partial charge in [-0.05, 0) is 53.4 Å². The average Bonchev–Trinajstić information content (AvgIpc) is 2.84. The molecule has 0 aromatic heterocycles. The van der Waals surface area contributed by atoms with Crippen LogP contribution in [0, 0.1) is 0 Å². The highest BCUT2D eigenvalue weighted by Gasteiger charge is 2.17. The molecule has 0 unspecified atom stereocenters. The number of anilines is 2. The zero-order valence-corrected chi connectivity index (χ0v) is 20.3. The fourth-order valence-electron chi connectivity index (χ4n) is 3.51. The van der Waals surface area contributed by atoms with Crippen LogP contribution in [0.4, 0.5) is 11.4 Å². The SMILES string of the molecule is COC(=O)c1ccc(CS(=O)(=O)Nc2ccc(S(=O)(=O)Nc3cccc4ccccc34)cc2)cc1. The van der Waals surface area contributed by atoms with E-state index in [4.69, 9.17) is 0 Å². The Balaban J connectivity index is 1.46. The van der Waals surface area contributed by atoms with E-state index in [0.717, 1.165) is 10.8 Å². The Hall–Kier alpha value is -3.89. The molecule has 2 N–H and O–H groups in total. The van der Waals surface area contributed by atoms with Crippen molar-refractivity contribution in [1.29, 1.82) is 0 Å². The van der Waals surface area contributed by atoms with Crippen LogP contribution in [0.15, 0.2) is 95.9 Å². The highest BCUT2D eigenvalue weighted by molar-refractivity contribution is 7.92. The Kier molecular flexibility index (Phi) is 6.77. The van der Waals surface area contributed by atoms with Crippen LogP contribution in [-0.2, 0) is 30.5 Å². The van der Waals surface area contributed by atoms with E-state index < -0.39 is 26.0 Å². The third kappa shape index (κ3) is 5.79. The van der Waals surface area contributed by atoms with Crippen LogP contribution < -0.4 is 9.44 Å². The normalized spacial score (nSPS) is 11.7. The van der Waals surface area contributed by atoms with E-state index >= 15 is 0 Å². The summed E-state index contributed by atoms with van der Waals surface area (Å²) < 4.78 is 60.6. The number of nitrogens with one attached hydrogen (secondary N) is 2. The fourth-order valence-corrected chi connectivity index (χ4v) is 5.79. The van der Waals surface area contributed by atoms with Crippen LogP contribution in [0.5, 0.6) is 0 Å². The lowest BCUT2D eigenvalue weighted by molar-refractivity contribution is 0.0600. The predicted octanol–water partition coefficient (Wildman–Crippen LogP) is 4.37. The summed E-state index contributed by atoms with van der Waals surface area (Å²) >= 11 is 0. The topological polar surface area (TPSA) is 119 Å². The van der Waals surface area contributed by atoms with Crippen LogP contribution in [0.1, 0.15) is 15.9 Å². The minimum atomic E-state index is -3.89. The van der Waals surface area contributed by atoms with Gasteiger partial charge < -0.3 is 4.74 Å². The van der Waals surface area contributed by atoms with Crippen LogP contribution in [-0.4, -0.2) is 29.9 Å². The summed E-state index contributed by atoms with van der Waals surface area (Å²) in [6, 6.07) is 24.2. The Labute approximate surface area is 203 Å². The number of benzene rings is 4. The molecule has 0 radical (unpaired) electrons. The standard InChI is InChI=1S/C25H22N2O6S2/c1-33-25(28)20-11-9-18(10-12-20)17-34(29,30)26-21-13-15-22(16-14-21)35(31,32)27-24-8-4-6-19-5-2-3-7-23(19)24/h2-16,26-27H,17H2,1H3. The molecule has 0 aliphatic rings. The molecule has 4 aromatic carbocycles. The maximum Gasteiger partial charge on any atom is 0.337 e. The van der Waals surface area contributed by atoms with Crippen LogP contribution in [0.2, 0.25) is 0 Å². The number of methoxy groups -OCH3 is 1. The number of hydrogen-bond donors (Lipinski definition) is 2. The number of carbonyl (C=O) groups is 1. The van der Waals surface area contributed by atoms with Crippen LogP contribution in [0.3, 0.4) is 0 Å². The second kappa shape index (κ2) is 9.77. The molecule has 4 aromatic rings. The number of hydrogen-bond acceptors (Lipinski definition) is 6. The van der Waals surface area contributed by atoms with Gasteiger partial charge in [0.2, 0.25) is 10.0 Å². The van der Waals surface area contributed by atoms with Crippen molar-refractivity contribution in [2.24, 2.45) is 0 Å². The van der Waals surface area contributed by atoms with E-state index in [2.05, 4.69) is 14.2 Å². The van der Waals surface area contributed by atoms with E-state index in [-0.39, 0.29) is 16.3 Å². The Morgan fingerprint density at radius 1 is 0.771 bits per heavy atom. The molecule has 10 heteroatoms. The van der Waals surface area contributed by atoms with Gasteiger partial charge in [0, 0.05) is 11.1 Å². The minimum Gasteiger partial charge on any atom is -0.465 e. The quantitative estimate of drug-likeness (QED) is 0.340. The molecule has 0 amide bonds. The van der Waals surface area contributed by atoms with Gasteiger partial charge in [0.1, 0.15) is 0 Å². The lowest BCUT2D eigenvalue weighted by atomic mass is 10.1. The van der Waals surface area contributed by atoms with E-state index in [0.29, 0.717) is 16.8 Å². The third-order valence-electron chi connectivity index (χ3n) is 5.20. The van der Waals surface area contributed by atoms with E-state index in [1.54, 1.807) is 12.1 Å². The summed E-state index contributed by atoms with van der Waals surface area (Å²) in [6.45, 7) is 0. The van der Waals surface area contributed by atoms with Gasteiger partial charge in [0.15, 0.2) is 0 Å². The highest BCUT2D eigenvalue weighted by atomic mass is 32.2. The number of sulfonamides is 2. The largest absolute Gasteiger partial charge is 0.465 e. The monoisotopic (exact) mass is 510 g/mol. The highest BCUT2D eigenvalue weighted by Crippen LogP contribution is 2.26. The Morgan fingerprint density at radius 3 is 2.11 bits per heavy atom. The van der Waals surface area contributed by atoms with E-state index in [1.807, 2.05) is 30.3 Å². The van der Waals surface area contributed by atoms with E-state index in [9.17, 15) is 21.6 Å². The Morgan fingerprint density at radius 2 is 1.43 bits per heavy atom. The first-order chi connectivity index (χ1) is 16.7. The number of fused-ring (bicyclic) bond motifs is 1.